The van der Waals surface area contributed by atoms with E-state index < -0.39 is 0 Å². The molecule has 2 aliphatic heterocycles. The first-order valence-corrected chi connectivity index (χ1v) is 7.80. The molecule has 3 heterocycles. The molecule has 5 heteroatoms. The zero-order chi connectivity index (χ0) is 15.1. The lowest BCUT2D eigenvalue weighted by Gasteiger charge is -2.41. The van der Waals surface area contributed by atoms with Crippen molar-refractivity contribution in [2.24, 2.45) is 11.8 Å². The molecule has 1 N–H and O–H groups in total. The van der Waals surface area contributed by atoms with Gasteiger partial charge in [-0.2, -0.15) is 0 Å². The van der Waals surface area contributed by atoms with Crippen molar-refractivity contribution in [1.29, 1.82) is 0 Å². The van der Waals surface area contributed by atoms with Gasteiger partial charge in [0.1, 0.15) is 11.6 Å². The lowest BCUT2D eigenvalue weighted by atomic mass is 9.80. The summed E-state index contributed by atoms with van der Waals surface area (Å²) in [6.45, 7) is 2.33. The van der Waals surface area contributed by atoms with Gasteiger partial charge in [0.2, 0.25) is 5.91 Å². The average Bonchev–Trinajstić information content (AvgIpc) is 2.56. The first kappa shape index (κ1) is 13.5. The average molecular weight is 299 g/mol. The topological polar surface area (TPSA) is 45.2 Å². The second-order valence-electron chi connectivity index (χ2n) is 6.16. The fraction of sp³-hybridized carbons (Fsp3) is 0.412. The zero-order valence-corrected chi connectivity index (χ0v) is 12.3. The monoisotopic (exact) mass is 299 g/mol. The van der Waals surface area contributed by atoms with Gasteiger partial charge in [0.15, 0.2) is 0 Å². The van der Waals surface area contributed by atoms with Crippen molar-refractivity contribution in [3.63, 3.8) is 0 Å². The second-order valence-corrected chi connectivity index (χ2v) is 6.16. The fourth-order valence-corrected chi connectivity index (χ4v) is 3.74. The third kappa shape index (κ3) is 2.12. The van der Waals surface area contributed by atoms with Gasteiger partial charge in [0.05, 0.1) is 12.1 Å². The number of aromatic nitrogens is 1. The van der Waals surface area contributed by atoms with Crippen molar-refractivity contribution >= 4 is 22.5 Å². The lowest BCUT2D eigenvalue weighted by Crippen LogP contribution is -2.52. The summed E-state index contributed by atoms with van der Waals surface area (Å²) >= 11 is 0. The maximum Gasteiger partial charge on any atom is 0.225 e. The Morgan fingerprint density at radius 2 is 2.05 bits per heavy atom. The molecule has 2 fully saturated rings. The quantitative estimate of drug-likeness (QED) is 0.879. The van der Waals surface area contributed by atoms with E-state index in [9.17, 15) is 9.18 Å². The van der Waals surface area contributed by atoms with Crippen LogP contribution in [0.1, 0.15) is 12.8 Å². The molecule has 2 aromatic rings. The van der Waals surface area contributed by atoms with Gasteiger partial charge in [-0.05, 0) is 18.8 Å². The molecule has 2 saturated heterocycles. The van der Waals surface area contributed by atoms with Crippen molar-refractivity contribution in [2.45, 2.75) is 12.8 Å². The number of rotatable bonds is 1. The van der Waals surface area contributed by atoms with Crippen LogP contribution in [0.5, 0.6) is 0 Å². The minimum atomic E-state index is -0.301. The van der Waals surface area contributed by atoms with Gasteiger partial charge >= 0.3 is 0 Å². The molecule has 1 aromatic heterocycles. The number of nitrogens with zero attached hydrogens (tertiary/aromatic N) is 2. The van der Waals surface area contributed by atoms with Crippen LogP contribution in [0, 0.1) is 17.7 Å². The van der Waals surface area contributed by atoms with Crippen molar-refractivity contribution in [3.05, 3.63) is 36.3 Å². The maximum atomic E-state index is 13.9. The summed E-state index contributed by atoms with van der Waals surface area (Å²) in [6.07, 6.45) is 3.33. The number of carbonyl (C=O) groups is 1. The zero-order valence-electron chi connectivity index (χ0n) is 12.3. The normalized spacial score (nSPS) is 25.0. The Bertz CT molecular complexity index is 733. The van der Waals surface area contributed by atoms with Crippen molar-refractivity contribution < 1.29 is 9.18 Å². The summed E-state index contributed by atoms with van der Waals surface area (Å²) in [5.41, 5.74) is 0. The summed E-state index contributed by atoms with van der Waals surface area (Å²) < 4.78 is 13.9. The number of fused-ring (bicyclic) bond motifs is 2. The number of carbonyl (C=O) groups excluding carboxylic acids is 1. The number of pyridine rings is 1. The maximum absolute atomic E-state index is 13.9. The van der Waals surface area contributed by atoms with Crippen LogP contribution in [0.25, 0.3) is 10.8 Å². The number of amides is 1. The molecule has 0 spiro atoms. The highest BCUT2D eigenvalue weighted by atomic mass is 19.1. The van der Waals surface area contributed by atoms with E-state index in [-0.39, 0.29) is 17.6 Å². The standard InChI is InChI=1S/C17H18FN3O/c18-15-9-20-16(13-4-2-1-3-12(13)15)21-8-6-11-5-7-19-17(22)14(11)10-21/h1-4,9,11,14H,5-8,10H2,(H,19,22)/t11-,14+/m0/s1. The molecule has 2 atom stereocenters. The molecule has 2 aliphatic rings. The van der Waals surface area contributed by atoms with Crippen LogP contribution in [-0.4, -0.2) is 30.5 Å². The molecule has 0 radical (unpaired) electrons. The van der Waals surface area contributed by atoms with Gasteiger partial charge in [-0.1, -0.05) is 24.3 Å². The highest BCUT2D eigenvalue weighted by Crippen LogP contribution is 2.34. The first-order valence-electron chi connectivity index (χ1n) is 7.80. The fourth-order valence-electron chi connectivity index (χ4n) is 3.74. The minimum Gasteiger partial charge on any atom is -0.356 e. The Balaban J connectivity index is 1.71. The van der Waals surface area contributed by atoms with E-state index in [1.54, 1.807) is 6.07 Å². The summed E-state index contributed by atoms with van der Waals surface area (Å²) in [5, 5.41) is 4.36. The lowest BCUT2D eigenvalue weighted by molar-refractivity contribution is -0.129. The molecule has 22 heavy (non-hydrogen) atoms. The minimum absolute atomic E-state index is 0.0214. The van der Waals surface area contributed by atoms with Crippen LogP contribution < -0.4 is 10.2 Å². The SMILES string of the molecule is O=C1NCC[C@H]2CCN(c3ncc(F)c4ccccc34)C[C@@H]12. The number of halogens is 1. The summed E-state index contributed by atoms with van der Waals surface area (Å²) in [4.78, 5) is 18.5. The van der Waals surface area contributed by atoms with Gasteiger partial charge in [-0.25, -0.2) is 9.37 Å². The molecule has 4 rings (SSSR count). The molecule has 4 nitrogen and oxygen atoms in total. The van der Waals surface area contributed by atoms with Crippen LogP contribution in [0.2, 0.25) is 0 Å². The summed E-state index contributed by atoms with van der Waals surface area (Å²) in [7, 11) is 0. The van der Waals surface area contributed by atoms with Gasteiger partial charge in [0, 0.05) is 30.4 Å². The van der Waals surface area contributed by atoms with Gasteiger partial charge < -0.3 is 10.2 Å². The Kier molecular flexibility index (Phi) is 3.21. The molecule has 0 bridgehead atoms. The summed E-state index contributed by atoms with van der Waals surface area (Å²) in [6, 6.07) is 7.40. The van der Waals surface area contributed by atoms with E-state index in [2.05, 4.69) is 15.2 Å². The van der Waals surface area contributed by atoms with E-state index in [0.29, 0.717) is 17.8 Å². The van der Waals surface area contributed by atoms with E-state index in [1.165, 1.54) is 6.20 Å². The van der Waals surface area contributed by atoms with E-state index >= 15 is 0 Å². The number of hydrogen-bond donors (Lipinski definition) is 1. The van der Waals surface area contributed by atoms with Gasteiger partial charge in [-0.3, -0.25) is 4.79 Å². The summed E-state index contributed by atoms with van der Waals surface area (Å²) in [5.74, 6) is 1.12. The van der Waals surface area contributed by atoms with Crippen LogP contribution in [-0.2, 0) is 4.79 Å². The molecule has 0 unspecified atom stereocenters. The molecule has 1 aromatic carbocycles. The number of benzene rings is 1. The molecule has 1 amide bonds. The smallest absolute Gasteiger partial charge is 0.225 e. The highest BCUT2D eigenvalue weighted by Gasteiger charge is 2.37. The van der Waals surface area contributed by atoms with Crippen LogP contribution in [0.4, 0.5) is 10.2 Å². The number of hydrogen-bond acceptors (Lipinski definition) is 3. The molecular formula is C17H18FN3O. The predicted molar refractivity (Wildman–Crippen MR) is 83.1 cm³/mol. The molecule has 0 aliphatic carbocycles. The Labute approximate surface area is 128 Å². The van der Waals surface area contributed by atoms with E-state index in [4.69, 9.17) is 0 Å². The molecule has 114 valence electrons. The van der Waals surface area contributed by atoms with Crippen LogP contribution in [0.3, 0.4) is 0 Å². The Morgan fingerprint density at radius 3 is 2.91 bits per heavy atom. The second kappa shape index (κ2) is 5.23. The Hall–Kier alpha value is -2.17. The van der Waals surface area contributed by atoms with Crippen LogP contribution >= 0.6 is 0 Å². The van der Waals surface area contributed by atoms with Gasteiger partial charge in [0.25, 0.3) is 0 Å². The largest absolute Gasteiger partial charge is 0.356 e. The third-order valence-corrected chi connectivity index (χ3v) is 4.93. The van der Waals surface area contributed by atoms with Crippen molar-refractivity contribution in [1.82, 2.24) is 10.3 Å². The number of piperidine rings is 2. The van der Waals surface area contributed by atoms with Gasteiger partial charge in [-0.15, -0.1) is 0 Å². The van der Waals surface area contributed by atoms with Crippen molar-refractivity contribution in [2.75, 3.05) is 24.5 Å². The Morgan fingerprint density at radius 1 is 1.23 bits per heavy atom. The molecule has 0 saturated carbocycles. The highest BCUT2D eigenvalue weighted by molar-refractivity contribution is 5.93. The van der Waals surface area contributed by atoms with E-state index in [0.717, 1.165) is 37.1 Å². The van der Waals surface area contributed by atoms with Crippen molar-refractivity contribution in [3.8, 4) is 0 Å². The van der Waals surface area contributed by atoms with Crippen LogP contribution in [0.15, 0.2) is 30.5 Å². The number of nitrogens with one attached hydrogen (secondary N) is 1. The first-order chi connectivity index (χ1) is 10.7. The van der Waals surface area contributed by atoms with E-state index in [1.807, 2.05) is 18.2 Å². The number of anilines is 1. The third-order valence-electron chi connectivity index (χ3n) is 4.93. The molecular weight excluding hydrogens is 281 g/mol. The predicted octanol–water partition coefficient (Wildman–Crippen LogP) is 2.34.